The van der Waals surface area contributed by atoms with Crippen molar-refractivity contribution in [2.45, 2.75) is 45.6 Å². The van der Waals surface area contributed by atoms with E-state index in [9.17, 15) is 9.59 Å². The zero-order valence-electron chi connectivity index (χ0n) is 17.7. The third kappa shape index (κ3) is 6.10. The molecule has 0 aliphatic carbocycles. The van der Waals surface area contributed by atoms with Crippen LogP contribution in [0.1, 0.15) is 49.9 Å². The van der Waals surface area contributed by atoms with Crippen molar-refractivity contribution < 1.29 is 9.59 Å². The number of nitrogens with one attached hydrogen (secondary N) is 2. The second-order valence-corrected chi connectivity index (χ2v) is 8.64. The fraction of sp³-hybridized carbons (Fsp3) is 0.636. The van der Waals surface area contributed by atoms with Gasteiger partial charge in [0.1, 0.15) is 0 Å². The number of carbonyl (C=O) groups is 2. The van der Waals surface area contributed by atoms with Crippen molar-refractivity contribution >= 4 is 23.2 Å². The SMILES string of the molecule is CC(C)NC(=O)CNC(=O)c1cc(N2CCC(CN3CCCCC3)C2)ccc1N. The summed E-state index contributed by atoms with van der Waals surface area (Å²) in [5.74, 6) is 0.151. The quantitative estimate of drug-likeness (QED) is 0.607. The number of rotatable bonds is 7. The number of hydrogen-bond acceptors (Lipinski definition) is 5. The van der Waals surface area contributed by atoms with E-state index in [4.69, 9.17) is 5.73 Å². The number of nitrogens with two attached hydrogens (primary N) is 1. The van der Waals surface area contributed by atoms with Gasteiger partial charge in [-0.2, -0.15) is 0 Å². The van der Waals surface area contributed by atoms with Crippen molar-refractivity contribution in [1.29, 1.82) is 0 Å². The highest BCUT2D eigenvalue weighted by Crippen LogP contribution is 2.28. The molecule has 160 valence electrons. The van der Waals surface area contributed by atoms with E-state index in [-0.39, 0.29) is 24.4 Å². The molecule has 3 rings (SSSR count). The van der Waals surface area contributed by atoms with Crippen molar-refractivity contribution in [2.75, 3.05) is 49.9 Å². The second kappa shape index (κ2) is 9.96. The largest absolute Gasteiger partial charge is 0.398 e. The van der Waals surface area contributed by atoms with Crippen LogP contribution in [0.5, 0.6) is 0 Å². The minimum atomic E-state index is -0.313. The highest BCUT2D eigenvalue weighted by molar-refractivity contribution is 6.01. The van der Waals surface area contributed by atoms with Gasteiger partial charge >= 0.3 is 0 Å². The molecule has 0 bridgehead atoms. The predicted octanol–water partition coefficient (Wildman–Crippen LogP) is 1.84. The molecule has 1 aromatic carbocycles. The maximum atomic E-state index is 12.6. The van der Waals surface area contributed by atoms with E-state index >= 15 is 0 Å². The third-order valence-electron chi connectivity index (χ3n) is 5.76. The highest BCUT2D eigenvalue weighted by atomic mass is 16.2. The fourth-order valence-electron chi connectivity index (χ4n) is 4.29. The maximum absolute atomic E-state index is 12.6. The van der Waals surface area contributed by atoms with Crippen LogP contribution in [-0.4, -0.2) is 62.0 Å². The monoisotopic (exact) mass is 401 g/mol. The Morgan fingerprint density at radius 2 is 1.93 bits per heavy atom. The Kier molecular flexibility index (Phi) is 7.36. The van der Waals surface area contributed by atoms with Gasteiger partial charge in [0.25, 0.3) is 5.91 Å². The number of anilines is 2. The molecule has 2 saturated heterocycles. The van der Waals surface area contributed by atoms with Gasteiger partial charge in [-0.05, 0) is 70.3 Å². The summed E-state index contributed by atoms with van der Waals surface area (Å²) in [6.45, 7) is 9.36. The van der Waals surface area contributed by atoms with Crippen LogP contribution in [0, 0.1) is 5.92 Å². The van der Waals surface area contributed by atoms with Crippen molar-refractivity contribution in [3.05, 3.63) is 23.8 Å². The summed E-state index contributed by atoms with van der Waals surface area (Å²) in [6, 6.07) is 5.67. The topological polar surface area (TPSA) is 90.7 Å². The summed E-state index contributed by atoms with van der Waals surface area (Å²) in [5, 5.41) is 5.43. The minimum absolute atomic E-state index is 0.0425. The number of likely N-dealkylation sites (tertiary alicyclic amines) is 1. The molecule has 2 heterocycles. The minimum Gasteiger partial charge on any atom is -0.398 e. The number of benzene rings is 1. The van der Waals surface area contributed by atoms with Crippen LogP contribution in [0.4, 0.5) is 11.4 Å². The van der Waals surface area contributed by atoms with Gasteiger partial charge in [-0.25, -0.2) is 0 Å². The van der Waals surface area contributed by atoms with Crippen molar-refractivity contribution in [3.63, 3.8) is 0 Å². The summed E-state index contributed by atoms with van der Waals surface area (Å²) in [6.07, 6.45) is 5.19. The molecule has 2 aliphatic heterocycles. The van der Waals surface area contributed by atoms with Gasteiger partial charge in [0.15, 0.2) is 0 Å². The Morgan fingerprint density at radius 3 is 2.66 bits per heavy atom. The molecule has 1 atom stereocenters. The molecule has 4 N–H and O–H groups in total. The summed E-state index contributed by atoms with van der Waals surface area (Å²) in [4.78, 5) is 29.3. The standard InChI is InChI=1S/C22H35N5O2/c1-16(2)25-21(28)13-24-22(29)19-12-18(6-7-20(19)23)27-11-8-17(15-27)14-26-9-4-3-5-10-26/h6-7,12,16-17H,3-5,8-11,13-15,23H2,1-2H3,(H,24,29)(H,25,28). The van der Waals surface area contributed by atoms with Gasteiger partial charge in [0.2, 0.25) is 5.91 Å². The third-order valence-corrected chi connectivity index (χ3v) is 5.76. The Morgan fingerprint density at radius 1 is 1.17 bits per heavy atom. The van der Waals surface area contributed by atoms with E-state index in [0.717, 1.165) is 18.8 Å². The van der Waals surface area contributed by atoms with Crippen molar-refractivity contribution in [2.24, 2.45) is 5.92 Å². The molecule has 0 saturated carbocycles. The molecule has 0 aromatic heterocycles. The molecule has 7 heteroatoms. The van der Waals surface area contributed by atoms with E-state index in [1.165, 1.54) is 45.3 Å². The molecule has 1 unspecified atom stereocenters. The molecule has 2 aliphatic rings. The van der Waals surface area contributed by atoms with Gasteiger partial charge < -0.3 is 26.2 Å². The van der Waals surface area contributed by atoms with Crippen LogP contribution < -0.4 is 21.3 Å². The average Bonchev–Trinajstić information content (AvgIpc) is 3.15. The van der Waals surface area contributed by atoms with Crippen molar-refractivity contribution in [3.8, 4) is 0 Å². The normalized spacial score (nSPS) is 20.1. The van der Waals surface area contributed by atoms with Gasteiger partial charge in [-0.1, -0.05) is 6.42 Å². The zero-order chi connectivity index (χ0) is 20.8. The van der Waals surface area contributed by atoms with E-state index in [0.29, 0.717) is 17.2 Å². The molecule has 0 radical (unpaired) electrons. The van der Waals surface area contributed by atoms with Gasteiger partial charge in [0, 0.05) is 37.1 Å². The van der Waals surface area contributed by atoms with E-state index in [1.54, 1.807) is 6.07 Å². The molecule has 29 heavy (non-hydrogen) atoms. The number of hydrogen-bond donors (Lipinski definition) is 3. The number of carbonyl (C=O) groups excluding carboxylic acids is 2. The molecular weight excluding hydrogens is 366 g/mol. The zero-order valence-corrected chi connectivity index (χ0v) is 17.7. The summed E-state index contributed by atoms with van der Waals surface area (Å²) in [7, 11) is 0. The van der Waals surface area contributed by atoms with Crippen LogP contribution in [0.2, 0.25) is 0 Å². The first-order valence-electron chi connectivity index (χ1n) is 10.9. The summed E-state index contributed by atoms with van der Waals surface area (Å²) in [5.41, 5.74) is 7.93. The molecule has 1 aromatic rings. The Hall–Kier alpha value is -2.28. The van der Waals surface area contributed by atoms with Crippen LogP contribution in [0.3, 0.4) is 0 Å². The van der Waals surface area contributed by atoms with Crippen LogP contribution in [0.15, 0.2) is 18.2 Å². The van der Waals surface area contributed by atoms with Crippen LogP contribution in [0.25, 0.3) is 0 Å². The number of piperidine rings is 1. The lowest BCUT2D eigenvalue weighted by Gasteiger charge is -2.29. The summed E-state index contributed by atoms with van der Waals surface area (Å²) < 4.78 is 0. The summed E-state index contributed by atoms with van der Waals surface area (Å²) >= 11 is 0. The first-order valence-corrected chi connectivity index (χ1v) is 10.9. The van der Waals surface area contributed by atoms with E-state index in [1.807, 2.05) is 26.0 Å². The predicted molar refractivity (Wildman–Crippen MR) is 117 cm³/mol. The van der Waals surface area contributed by atoms with Gasteiger partial charge in [0.05, 0.1) is 12.1 Å². The lowest BCUT2D eigenvalue weighted by Crippen LogP contribution is -2.40. The Bertz CT molecular complexity index is 715. The lowest BCUT2D eigenvalue weighted by atomic mass is 10.1. The van der Waals surface area contributed by atoms with E-state index in [2.05, 4.69) is 20.4 Å². The van der Waals surface area contributed by atoms with Crippen LogP contribution >= 0.6 is 0 Å². The van der Waals surface area contributed by atoms with E-state index < -0.39 is 0 Å². The lowest BCUT2D eigenvalue weighted by molar-refractivity contribution is -0.120. The Balaban J connectivity index is 1.57. The first-order chi connectivity index (χ1) is 13.9. The smallest absolute Gasteiger partial charge is 0.253 e. The first kappa shape index (κ1) is 21.4. The molecule has 7 nitrogen and oxygen atoms in total. The van der Waals surface area contributed by atoms with Gasteiger partial charge in [-0.15, -0.1) is 0 Å². The highest BCUT2D eigenvalue weighted by Gasteiger charge is 2.26. The average molecular weight is 402 g/mol. The van der Waals surface area contributed by atoms with Gasteiger partial charge in [-0.3, -0.25) is 9.59 Å². The number of nitrogens with zero attached hydrogens (tertiary/aromatic N) is 2. The van der Waals surface area contributed by atoms with Crippen LogP contribution in [-0.2, 0) is 4.79 Å². The number of nitrogen functional groups attached to an aromatic ring is 1. The van der Waals surface area contributed by atoms with Crippen molar-refractivity contribution in [1.82, 2.24) is 15.5 Å². The second-order valence-electron chi connectivity index (χ2n) is 8.64. The molecule has 0 spiro atoms. The molecular formula is C22H35N5O2. The fourth-order valence-corrected chi connectivity index (χ4v) is 4.29. The maximum Gasteiger partial charge on any atom is 0.253 e. The Labute approximate surface area is 174 Å². The molecule has 2 amide bonds. The number of amides is 2. The molecule has 2 fully saturated rings.